The van der Waals surface area contributed by atoms with Crippen molar-refractivity contribution in [1.29, 1.82) is 0 Å². The average molecular weight is 412 g/mol. The maximum atomic E-state index is 12.9. The SMILES string of the molecule is COc1ccc(Br)cc1C1CCCN1C(=O)c1cccc(N)c1.Cl. The van der Waals surface area contributed by atoms with Crippen molar-refractivity contribution in [3.05, 3.63) is 58.1 Å². The van der Waals surface area contributed by atoms with Crippen molar-refractivity contribution < 1.29 is 9.53 Å². The van der Waals surface area contributed by atoms with Crippen molar-refractivity contribution in [1.82, 2.24) is 4.90 Å². The molecule has 2 N–H and O–H groups in total. The van der Waals surface area contributed by atoms with Crippen molar-refractivity contribution in [2.45, 2.75) is 18.9 Å². The van der Waals surface area contributed by atoms with E-state index in [1.54, 1.807) is 19.2 Å². The van der Waals surface area contributed by atoms with E-state index in [1.807, 2.05) is 35.2 Å². The van der Waals surface area contributed by atoms with Crippen LogP contribution in [0.3, 0.4) is 0 Å². The fourth-order valence-corrected chi connectivity index (χ4v) is 3.52. The summed E-state index contributed by atoms with van der Waals surface area (Å²) >= 11 is 3.51. The molecule has 3 rings (SSSR count). The van der Waals surface area contributed by atoms with Crippen LogP contribution in [-0.4, -0.2) is 24.5 Å². The molecule has 6 heteroatoms. The van der Waals surface area contributed by atoms with Crippen LogP contribution in [0.2, 0.25) is 0 Å². The minimum atomic E-state index is 0. The Hall–Kier alpha value is -1.72. The zero-order valence-electron chi connectivity index (χ0n) is 13.4. The summed E-state index contributed by atoms with van der Waals surface area (Å²) in [6.07, 6.45) is 1.91. The van der Waals surface area contributed by atoms with Gasteiger partial charge in [0.25, 0.3) is 5.91 Å². The van der Waals surface area contributed by atoms with Gasteiger partial charge in [0.05, 0.1) is 13.2 Å². The first-order chi connectivity index (χ1) is 11.1. The zero-order valence-corrected chi connectivity index (χ0v) is 15.8. The molecule has 2 aromatic carbocycles. The van der Waals surface area contributed by atoms with Gasteiger partial charge >= 0.3 is 0 Å². The Morgan fingerprint density at radius 1 is 1.29 bits per heavy atom. The molecule has 0 saturated carbocycles. The second-order valence-electron chi connectivity index (χ2n) is 5.67. The van der Waals surface area contributed by atoms with E-state index < -0.39 is 0 Å². The molecule has 1 atom stereocenters. The van der Waals surface area contributed by atoms with Gasteiger partial charge in [0, 0.05) is 27.8 Å². The molecule has 0 aliphatic carbocycles. The van der Waals surface area contributed by atoms with Crippen LogP contribution in [0.25, 0.3) is 0 Å². The van der Waals surface area contributed by atoms with Gasteiger partial charge in [-0.2, -0.15) is 0 Å². The lowest BCUT2D eigenvalue weighted by molar-refractivity contribution is 0.0734. The predicted octanol–water partition coefficient (Wildman–Crippen LogP) is 4.44. The third-order valence-corrected chi connectivity index (χ3v) is 4.69. The van der Waals surface area contributed by atoms with Gasteiger partial charge in [0.15, 0.2) is 0 Å². The summed E-state index contributed by atoms with van der Waals surface area (Å²) in [6.45, 7) is 0.744. The van der Waals surface area contributed by atoms with Gasteiger partial charge in [0.1, 0.15) is 5.75 Å². The van der Waals surface area contributed by atoms with E-state index in [0.29, 0.717) is 11.3 Å². The summed E-state index contributed by atoms with van der Waals surface area (Å²) in [4.78, 5) is 14.8. The molecule has 1 heterocycles. The first-order valence-electron chi connectivity index (χ1n) is 7.60. The highest BCUT2D eigenvalue weighted by Crippen LogP contribution is 2.39. The van der Waals surface area contributed by atoms with Gasteiger partial charge in [-0.1, -0.05) is 22.0 Å². The number of nitrogen functional groups attached to an aromatic ring is 1. The summed E-state index contributed by atoms with van der Waals surface area (Å²) in [7, 11) is 1.66. The van der Waals surface area contributed by atoms with E-state index in [9.17, 15) is 4.79 Å². The highest BCUT2D eigenvalue weighted by atomic mass is 79.9. The maximum Gasteiger partial charge on any atom is 0.254 e. The number of carbonyl (C=O) groups is 1. The Morgan fingerprint density at radius 2 is 2.08 bits per heavy atom. The number of likely N-dealkylation sites (tertiary alicyclic amines) is 1. The molecular formula is C18H20BrClN2O2. The summed E-state index contributed by atoms with van der Waals surface area (Å²) in [5.74, 6) is 0.826. The van der Waals surface area contributed by atoms with E-state index in [1.165, 1.54) is 0 Å². The molecule has 0 spiro atoms. The smallest absolute Gasteiger partial charge is 0.254 e. The Morgan fingerprint density at radius 3 is 2.79 bits per heavy atom. The second kappa shape index (κ2) is 7.90. The topological polar surface area (TPSA) is 55.6 Å². The monoisotopic (exact) mass is 410 g/mol. The van der Waals surface area contributed by atoms with Crippen molar-refractivity contribution >= 4 is 39.9 Å². The number of nitrogens with zero attached hydrogens (tertiary/aromatic N) is 1. The van der Waals surface area contributed by atoms with Crippen LogP contribution in [-0.2, 0) is 0 Å². The number of ether oxygens (including phenoxy) is 1. The Bertz CT molecular complexity index is 739. The number of halogens is 2. The standard InChI is InChI=1S/C18H19BrN2O2.ClH/c1-23-17-8-7-13(19)11-15(17)16-6-3-9-21(16)18(22)12-4-2-5-14(20)10-12;/h2,4-5,7-8,10-11,16H,3,6,9,20H2,1H3;1H. The van der Waals surface area contributed by atoms with Crippen LogP contribution in [0, 0.1) is 0 Å². The second-order valence-corrected chi connectivity index (χ2v) is 6.58. The lowest BCUT2D eigenvalue weighted by Crippen LogP contribution is -2.30. The molecule has 2 aromatic rings. The number of benzene rings is 2. The van der Waals surface area contributed by atoms with Crippen LogP contribution in [0.1, 0.15) is 34.8 Å². The Balaban J connectivity index is 0.00000208. The molecule has 1 fully saturated rings. The van der Waals surface area contributed by atoms with Gasteiger partial charge in [-0.05, 0) is 49.2 Å². The first kappa shape index (κ1) is 18.6. The zero-order chi connectivity index (χ0) is 16.4. The highest BCUT2D eigenvalue weighted by molar-refractivity contribution is 9.10. The molecule has 1 aliphatic rings. The molecule has 0 radical (unpaired) electrons. The van der Waals surface area contributed by atoms with E-state index in [4.69, 9.17) is 10.5 Å². The summed E-state index contributed by atoms with van der Waals surface area (Å²) in [5.41, 5.74) is 8.08. The van der Waals surface area contributed by atoms with Crippen molar-refractivity contribution in [3.8, 4) is 5.75 Å². The lowest BCUT2D eigenvalue weighted by atomic mass is 10.0. The van der Waals surface area contributed by atoms with Gasteiger partial charge in [-0.15, -0.1) is 12.4 Å². The van der Waals surface area contributed by atoms with E-state index >= 15 is 0 Å². The Labute approximate surface area is 156 Å². The van der Waals surface area contributed by atoms with Crippen LogP contribution >= 0.6 is 28.3 Å². The number of nitrogens with two attached hydrogens (primary N) is 1. The van der Waals surface area contributed by atoms with Gasteiger partial charge in [-0.25, -0.2) is 0 Å². The average Bonchev–Trinajstić information content (AvgIpc) is 3.03. The molecule has 0 aromatic heterocycles. The number of methoxy groups -OCH3 is 1. The predicted molar refractivity (Wildman–Crippen MR) is 102 cm³/mol. The number of amides is 1. The molecular weight excluding hydrogens is 392 g/mol. The number of carbonyl (C=O) groups excluding carboxylic acids is 1. The fraction of sp³-hybridized carbons (Fsp3) is 0.278. The minimum Gasteiger partial charge on any atom is -0.496 e. The summed E-state index contributed by atoms with van der Waals surface area (Å²) < 4.78 is 6.47. The summed E-state index contributed by atoms with van der Waals surface area (Å²) in [6, 6.07) is 13.1. The van der Waals surface area contributed by atoms with Crippen molar-refractivity contribution in [3.63, 3.8) is 0 Å². The van der Waals surface area contributed by atoms with Crippen molar-refractivity contribution in [2.24, 2.45) is 0 Å². The maximum absolute atomic E-state index is 12.9. The molecule has 128 valence electrons. The molecule has 1 aliphatic heterocycles. The van der Waals surface area contributed by atoms with Gasteiger partial charge in [-0.3, -0.25) is 4.79 Å². The van der Waals surface area contributed by atoms with Crippen LogP contribution in [0.4, 0.5) is 5.69 Å². The highest BCUT2D eigenvalue weighted by Gasteiger charge is 2.32. The van der Waals surface area contributed by atoms with Gasteiger partial charge in [0.2, 0.25) is 0 Å². The molecule has 4 nitrogen and oxygen atoms in total. The minimum absolute atomic E-state index is 0. The molecule has 1 amide bonds. The van der Waals surface area contributed by atoms with Crippen LogP contribution < -0.4 is 10.5 Å². The van der Waals surface area contributed by atoms with Crippen molar-refractivity contribution in [2.75, 3.05) is 19.4 Å². The fourth-order valence-electron chi connectivity index (χ4n) is 3.14. The number of hydrogen-bond acceptors (Lipinski definition) is 3. The normalized spacial score (nSPS) is 16.6. The van der Waals surface area contributed by atoms with Gasteiger partial charge < -0.3 is 15.4 Å². The number of rotatable bonds is 3. The summed E-state index contributed by atoms with van der Waals surface area (Å²) in [5, 5.41) is 0. The van der Waals surface area contributed by atoms with E-state index in [2.05, 4.69) is 15.9 Å². The van der Waals surface area contributed by atoms with Crippen LogP contribution in [0.15, 0.2) is 46.9 Å². The third kappa shape index (κ3) is 3.68. The van der Waals surface area contributed by atoms with Crippen LogP contribution in [0.5, 0.6) is 5.75 Å². The molecule has 24 heavy (non-hydrogen) atoms. The molecule has 0 bridgehead atoms. The van der Waals surface area contributed by atoms with E-state index in [-0.39, 0.29) is 24.4 Å². The molecule has 1 unspecified atom stereocenters. The van der Waals surface area contributed by atoms with E-state index in [0.717, 1.165) is 35.2 Å². The number of anilines is 1. The first-order valence-corrected chi connectivity index (χ1v) is 8.39. The Kier molecular flexibility index (Phi) is 6.13. The third-order valence-electron chi connectivity index (χ3n) is 4.20. The molecule has 1 saturated heterocycles. The number of hydrogen-bond donors (Lipinski definition) is 1. The lowest BCUT2D eigenvalue weighted by Gasteiger charge is -2.26. The largest absolute Gasteiger partial charge is 0.496 e. The quantitative estimate of drug-likeness (QED) is 0.760.